The number of hydrogen-bond acceptors (Lipinski definition) is 8. The number of nitrogens with zero attached hydrogens (tertiary/aromatic N) is 2. The van der Waals surface area contributed by atoms with E-state index in [0.717, 1.165) is 12.8 Å². The van der Waals surface area contributed by atoms with E-state index < -0.39 is 23.9 Å². The van der Waals surface area contributed by atoms with Gasteiger partial charge in [0.15, 0.2) is 35.0 Å². The van der Waals surface area contributed by atoms with Crippen molar-refractivity contribution in [3.63, 3.8) is 0 Å². The number of aromatic amines is 1. The highest BCUT2D eigenvalue weighted by Crippen LogP contribution is 2.38. The normalized spacial score (nSPS) is 16.9. The van der Waals surface area contributed by atoms with Crippen molar-refractivity contribution in [3.8, 4) is 11.5 Å². The molecule has 1 saturated carbocycles. The number of nitrogens with one attached hydrogen (secondary N) is 1. The molecule has 2 aliphatic rings. The lowest BCUT2D eigenvalue weighted by Crippen LogP contribution is -2.39. The molecule has 1 aromatic heterocycles. The highest BCUT2D eigenvalue weighted by atomic mass is 35.5. The molecule has 9 nitrogen and oxygen atoms in total. The van der Waals surface area contributed by atoms with Crippen LogP contribution < -0.4 is 14.5 Å². The van der Waals surface area contributed by atoms with Crippen LogP contribution in [0.15, 0.2) is 54.9 Å². The molecule has 0 bridgehead atoms. The summed E-state index contributed by atoms with van der Waals surface area (Å²) in [6, 6.07) is 11.2. The molecule has 0 unspecified atom stereocenters. The van der Waals surface area contributed by atoms with Gasteiger partial charge < -0.3 is 19.1 Å². The SMILES string of the molecule is CN(C)C(=O)c1cccc(C(=O)CN2CCS[C@H]2C(=O)OC[C@@H](Cc2c(Cl)c[nH+]cc2Cl)c2ccc(OC(F)F)c(OCC3CC3)c2)c1. The highest BCUT2D eigenvalue weighted by molar-refractivity contribution is 8.00. The number of thioether (sulfide) groups is 1. The van der Waals surface area contributed by atoms with Crippen LogP contribution in [0.25, 0.3) is 0 Å². The van der Waals surface area contributed by atoms with Gasteiger partial charge in [-0.25, -0.2) is 9.78 Å². The maximum atomic E-state index is 13.5. The zero-order chi connectivity index (χ0) is 34.4. The summed E-state index contributed by atoms with van der Waals surface area (Å²) in [5.41, 5.74) is 2.03. The molecule has 0 radical (unpaired) electrons. The average molecular weight is 724 g/mol. The van der Waals surface area contributed by atoms with Gasteiger partial charge in [-0.05, 0) is 55.0 Å². The van der Waals surface area contributed by atoms with Crippen molar-refractivity contribution in [2.75, 3.05) is 46.2 Å². The standard InChI is InChI=1S/C34H35Cl2F2N3O6S/c1-40(2)31(43)23-5-3-4-22(12-23)28(42)17-41-10-11-48-32(41)33(44)46-19-24(13-25-26(35)15-39-16-27(25)36)21-8-9-29(47-34(37)38)30(14-21)45-18-20-6-7-20/h3-5,8-9,12,14-16,20,24,32,34H,6-7,10-11,13,17-19H2,1-2H3/p+1/t24-,32+/m1/s1. The fraction of sp³-hybridized carbons (Fsp3) is 0.412. The number of aromatic nitrogens is 1. The lowest BCUT2D eigenvalue weighted by Gasteiger charge is -2.24. The van der Waals surface area contributed by atoms with Crippen LogP contribution in [0.4, 0.5) is 8.78 Å². The maximum Gasteiger partial charge on any atom is 0.387 e. The molecule has 1 N–H and O–H groups in total. The predicted octanol–water partition coefficient (Wildman–Crippen LogP) is 6.03. The number of carbonyl (C=O) groups excluding carboxylic acids is 3. The Morgan fingerprint density at radius 3 is 2.46 bits per heavy atom. The number of benzene rings is 2. The van der Waals surface area contributed by atoms with Crippen LogP contribution in [0.3, 0.4) is 0 Å². The first-order chi connectivity index (χ1) is 23.0. The number of H-pyrrole nitrogens is 1. The number of amides is 1. The number of hydrogen-bond donors (Lipinski definition) is 0. The second-order valence-corrected chi connectivity index (χ2v) is 13.9. The fourth-order valence-electron chi connectivity index (χ4n) is 5.26. The molecule has 3 aromatic rings. The number of esters is 1. The van der Waals surface area contributed by atoms with Crippen LogP contribution >= 0.6 is 35.0 Å². The van der Waals surface area contributed by atoms with Crippen LogP contribution in [0.5, 0.6) is 11.5 Å². The third kappa shape index (κ3) is 9.37. The summed E-state index contributed by atoms with van der Waals surface area (Å²) in [7, 11) is 3.28. The third-order valence-electron chi connectivity index (χ3n) is 8.07. The van der Waals surface area contributed by atoms with Crippen LogP contribution in [-0.4, -0.2) is 85.6 Å². The van der Waals surface area contributed by atoms with E-state index in [-0.39, 0.29) is 42.8 Å². The van der Waals surface area contributed by atoms with Gasteiger partial charge in [0.05, 0.1) is 19.8 Å². The van der Waals surface area contributed by atoms with E-state index >= 15 is 0 Å². The van der Waals surface area contributed by atoms with Gasteiger partial charge in [0.1, 0.15) is 10.0 Å². The maximum absolute atomic E-state index is 13.5. The van der Waals surface area contributed by atoms with E-state index in [0.29, 0.717) is 57.1 Å². The van der Waals surface area contributed by atoms with Crippen LogP contribution in [0, 0.1) is 5.92 Å². The van der Waals surface area contributed by atoms with Gasteiger partial charge >= 0.3 is 12.6 Å². The number of Topliss-reactive ketones (excluding diaryl/α,β-unsaturated/α-hetero) is 1. The Kier molecular flexibility index (Phi) is 12.2. The first kappa shape index (κ1) is 35.8. The summed E-state index contributed by atoms with van der Waals surface area (Å²) in [6.45, 7) is -2.28. The first-order valence-electron chi connectivity index (χ1n) is 15.4. The zero-order valence-corrected chi connectivity index (χ0v) is 28.8. The summed E-state index contributed by atoms with van der Waals surface area (Å²) in [6.07, 6.45) is 5.46. The number of ether oxygens (including phenoxy) is 3. The predicted molar refractivity (Wildman–Crippen MR) is 178 cm³/mol. The van der Waals surface area contributed by atoms with Crippen molar-refractivity contribution < 1.29 is 42.4 Å². The molecule has 0 spiro atoms. The molecule has 48 heavy (non-hydrogen) atoms. The van der Waals surface area contributed by atoms with Crippen LogP contribution in [-0.2, 0) is 16.0 Å². The summed E-state index contributed by atoms with van der Waals surface area (Å²) < 4.78 is 42.8. The van der Waals surface area contributed by atoms with Gasteiger partial charge in [-0.15, -0.1) is 11.8 Å². The van der Waals surface area contributed by atoms with Gasteiger partial charge in [0.25, 0.3) is 5.91 Å². The van der Waals surface area contributed by atoms with Crippen molar-refractivity contribution >= 4 is 52.6 Å². The minimum atomic E-state index is -3.03. The molecule has 2 aromatic carbocycles. The third-order valence-corrected chi connectivity index (χ3v) is 9.97. The Hall–Kier alpha value is -3.45. The Balaban J connectivity index is 1.32. The van der Waals surface area contributed by atoms with E-state index in [9.17, 15) is 23.2 Å². The molecule has 2 atom stereocenters. The number of carbonyl (C=O) groups is 3. The molecule has 1 aliphatic carbocycles. The molecular weight excluding hydrogens is 687 g/mol. The van der Waals surface area contributed by atoms with Crippen molar-refractivity contribution in [3.05, 3.63) is 87.2 Å². The molecule has 2 heterocycles. The quantitative estimate of drug-likeness (QED) is 0.139. The van der Waals surface area contributed by atoms with Crippen molar-refractivity contribution in [1.82, 2.24) is 9.80 Å². The summed E-state index contributed by atoms with van der Waals surface area (Å²) in [5.74, 6) is -0.387. The van der Waals surface area contributed by atoms with Crippen LogP contribution in [0.2, 0.25) is 10.0 Å². The lowest BCUT2D eigenvalue weighted by molar-refractivity contribution is -0.377. The van der Waals surface area contributed by atoms with E-state index in [4.69, 9.17) is 37.4 Å². The molecule has 1 saturated heterocycles. The molecule has 256 valence electrons. The van der Waals surface area contributed by atoms with Gasteiger partial charge in [0, 0.05) is 49.0 Å². The topological polar surface area (TPSA) is 99.5 Å². The molecule has 5 rings (SSSR count). The van der Waals surface area contributed by atoms with E-state index in [2.05, 4.69) is 4.98 Å². The molecular formula is C34H36Cl2F2N3O6S+. The van der Waals surface area contributed by atoms with Crippen molar-refractivity contribution in [1.29, 1.82) is 0 Å². The Morgan fingerprint density at radius 2 is 1.77 bits per heavy atom. The number of halogens is 4. The molecule has 14 heteroatoms. The average Bonchev–Trinajstić information content (AvgIpc) is 3.78. The Labute approximate surface area is 291 Å². The fourth-order valence-corrected chi connectivity index (χ4v) is 6.95. The lowest BCUT2D eigenvalue weighted by atomic mass is 9.92. The van der Waals surface area contributed by atoms with Gasteiger partial charge in [-0.1, -0.05) is 41.4 Å². The zero-order valence-electron chi connectivity index (χ0n) is 26.4. The summed E-state index contributed by atoms with van der Waals surface area (Å²) in [4.78, 5) is 45.2. The molecule has 1 aliphatic heterocycles. The molecule has 2 fully saturated rings. The molecule has 1 amide bonds. The second kappa shape index (κ2) is 16.3. The van der Waals surface area contributed by atoms with E-state index in [1.54, 1.807) is 67.8 Å². The van der Waals surface area contributed by atoms with Crippen molar-refractivity contribution in [2.24, 2.45) is 5.92 Å². The smallest absolute Gasteiger partial charge is 0.387 e. The van der Waals surface area contributed by atoms with Gasteiger partial charge in [-0.3, -0.25) is 14.5 Å². The monoisotopic (exact) mass is 722 g/mol. The second-order valence-electron chi connectivity index (χ2n) is 11.9. The number of pyridine rings is 1. The Bertz CT molecular complexity index is 1620. The van der Waals surface area contributed by atoms with E-state index in [1.165, 1.54) is 22.7 Å². The van der Waals surface area contributed by atoms with Gasteiger partial charge in [0.2, 0.25) is 0 Å². The minimum Gasteiger partial charge on any atom is -0.489 e. The van der Waals surface area contributed by atoms with E-state index in [1.807, 2.05) is 0 Å². The highest BCUT2D eigenvalue weighted by Gasteiger charge is 2.35. The summed E-state index contributed by atoms with van der Waals surface area (Å²) >= 11 is 14.3. The van der Waals surface area contributed by atoms with Gasteiger partial charge in [-0.2, -0.15) is 8.78 Å². The van der Waals surface area contributed by atoms with Crippen molar-refractivity contribution in [2.45, 2.75) is 37.2 Å². The Morgan fingerprint density at radius 1 is 1.04 bits per heavy atom. The van der Waals surface area contributed by atoms with Crippen LogP contribution in [0.1, 0.15) is 50.6 Å². The summed E-state index contributed by atoms with van der Waals surface area (Å²) in [5, 5.41) is 0.0436. The first-order valence-corrected chi connectivity index (χ1v) is 17.2. The number of alkyl halides is 2. The number of rotatable bonds is 15. The minimum absolute atomic E-state index is 0.0329. The number of ketones is 1. The largest absolute Gasteiger partial charge is 0.489 e.